The van der Waals surface area contributed by atoms with Crippen molar-refractivity contribution < 1.29 is 24.2 Å². The third-order valence-electron chi connectivity index (χ3n) is 2.71. The summed E-state index contributed by atoms with van der Waals surface area (Å²) in [5.74, 6) is -0.833. The van der Waals surface area contributed by atoms with Crippen molar-refractivity contribution in [3.63, 3.8) is 0 Å². The summed E-state index contributed by atoms with van der Waals surface area (Å²) in [7, 11) is 0. The Morgan fingerprint density at radius 1 is 1.32 bits per heavy atom. The zero-order chi connectivity index (χ0) is 18.4. The number of aliphatic carboxylic acids is 1. The second-order valence-corrected chi connectivity index (χ2v) is 6.99. The molecule has 0 aromatic carbocycles. The average Bonchev–Trinajstić information content (AvgIpc) is 2.99. The molecular formula is C16H19N3O5S. The lowest BCUT2D eigenvalue weighted by Crippen LogP contribution is -2.32. The van der Waals surface area contributed by atoms with Gasteiger partial charge in [0.25, 0.3) is 0 Å². The van der Waals surface area contributed by atoms with Crippen molar-refractivity contribution in [1.82, 2.24) is 15.3 Å². The highest BCUT2D eigenvalue weighted by atomic mass is 32.1. The zero-order valence-corrected chi connectivity index (χ0v) is 14.9. The summed E-state index contributed by atoms with van der Waals surface area (Å²) in [5, 5.41) is 13.8. The molecule has 0 saturated heterocycles. The van der Waals surface area contributed by atoms with Crippen molar-refractivity contribution in [3.05, 3.63) is 28.7 Å². The third-order valence-corrected chi connectivity index (χ3v) is 3.56. The molecular weight excluding hydrogens is 346 g/mol. The number of ether oxygens (including phenoxy) is 2. The van der Waals surface area contributed by atoms with Gasteiger partial charge in [0, 0.05) is 23.2 Å². The van der Waals surface area contributed by atoms with Gasteiger partial charge in [-0.1, -0.05) is 0 Å². The Morgan fingerprint density at radius 2 is 2.08 bits per heavy atom. The van der Waals surface area contributed by atoms with Crippen LogP contribution < -0.4 is 10.1 Å². The highest BCUT2D eigenvalue weighted by Gasteiger charge is 2.16. The molecule has 0 radical (unpaired) electrons. The summed E-state index contributed by atoms with van der Waals surface area (Å²) in [6, 6.07) is 3.32. The maximum Gasteiger partial charge on any atom is 0.408 e. The van der Waals surface area contributed by atoms with E-state index in [1.54, 1.807) is 39.1 Å². The Morgan fingerprint density at radius 3 is 2.68 bits per heavy atom. The van der Waals surface area contributed by atoms with Crippen LogP contribution in [0.15, 0.2) is 23.7 Å². The number of hydrogen-bond donors (Lipinski definition) is 2. The maximum atomic E-state index is 11.6. The molecule has 0 spiro atoms. The van der Waals surface area contributed by atoms with Crippen molar-refractivity contribution in [2.24, 2.45) is 0 Å². The molecule has 9 heteroatoms. The van der Waals surface area contributed by atoms with E-state index in [2.05, 4.69) is 15.3 Å². The van der Waals surface area contributed by atoms with Crippen LogP contribution in [0.2, 0.25) is 0 Å². The number of alkyl carbamates (subject to hydrolysis) is 1. The van der Waals surface area contributed by atoms with Crippen LogP contribution in [-0.2, 0) is 16.1 Å². The molecule has 0 aliphatic rings. The van der Waals surface area contributed by atoms with E-state index in [1.165, 1.54) is 11.3 Å². The molecule has 25 heavy (non-hydrogen) atoms. The molecule has 2 heterocycles. The summed E-state index contributed by atoms with van der Waals surface area (Å²) in [4.78, 5) is 30.5. The largest absolute Gasteiger partial charge is 0.479 e. The van der Waals surface area contributed by atoms with Crippen molar-refractivity contribution in [3.8, 4) is 17.1 Å². The normalized spacial score (nSPS) is 11.0. The number of carboxylic acids is 1. The predicted molar refractivity (Wildman–Crippen MR) is 91.5 cm³/mol. The van der Waals surface area contributed by atoms with Gasteiger partial charge in [-0.2, -0.15) is 0 Å². The third kappa shape index (κ3) is 6.38. The lowest BCUT2D eigenvalue weighted by atomic mass is 10.2. The van der Waals surface area contributed by atoms with Crippen LogP contribution in [0.5, 0.6) is 5.88 Å². The Labute approximate surface area is 148 Å². The highest BCUT2D eigenvalue weighted by Crippen LogP contribution is 2.22. The van der Waals surface area contributed by atoms with Crippen molar-refractivity contribution in [1.29, 1.82) is 0 Å². The zero-order valence-electron chi connectivity index (χ0n) is 14.1. The van der Waals surface area contributed by atoms with E-state index in [0.29, 0.717) is 5.69 Å². The molecule has 2 rings (SSSR count). The summed E-state index contributed by atoms with van der Waals surface area (Å²) in [6.45, 7) is 5.22. The molecule has 8 nitrogen and oxygen atoms in total. The molecule has 0 aliphatic heterocycles. The van der Waals surface area contributed by atoms with E-state index in [0.717, 1.165) is 10.6 Å². The van der Waals surface area contributed by atoms with Gasteiger partial charge in [-0.15, -0.1) is 11.3 Å². The highest BCUT2D eigenvalue weighted by molar-refractivity contribution is 7.09. The fourth-order valence-electron chi connectivity index (χ4n) is 1.74. The summed E-state index contributed by atoms with van der Waals surface area (Å²) >= 11 is 1.40. The molecule has 0 atom stereocenters. The summed E-state index contributed by atoms with van der Waals surface area (Å²) in [6.07, 6.45) is 1.06. The maximum absolute atomic E-state index is 11.6. The van der Waals surface area contributed by atoms with Crippen LogP contribution in [0.25, 0.3) is 11.3 Å². The Hall–Kier alpha value is -2.68. The monoisotopic (exact) mass is 365 g/mol. The molecule has 2 aromatic rings. The minimum atomic E-state index is -1.06. The van der Waals surface area contributed by atoms with E-state index in [1.807, 2.05) is 5.38 Å². The summed E-state index contributed by atoms with van der Waals surface area (Å²) in [5.41, 5.74) is 0.930. The molecule has 1 amide bonds. The average molecular weight is 365 g/mol. The van der Waals surface area contributed by atoms with Crippen LogP contribution in [0.3, 0.4) is 0 Å². The molecule has 0 aliphatic carbocycles. The van der Waals surface area contributed by atoms with Crippen molar-refractivity contribution in [2.45, 2.75) is 32.9 Å². The van der Waals surface area contributed by atoms with Gasteiger partial charge < -0.3 is 19.9 Å². The molecule has 2 aromatic heterocycles. The first-order chi connectivity index (χ1) is 11.7. The predicted octanol–water partition coefficient (Wildman–Crippen LogP) is 2.69. The van der Waals surface area contributed by atoms with Crippen LogP contribution in [0.1, 0.15) is 25.8 Å². The fourth-order valence-corrected chi connectivity index (χ4v) is 2.48. The number of thiazole rings is 1. The number of pyridine rings is 1. The first kappa shape index (κ1) is 18.7. The smallest absolute Gasteiger partial charge is 0.408 e. The van der Waals surface area contributed by atoms with Crippen LogP contribution in [0, 0.1) is 0 Å². The Bertz CT molecular complexity index is 737. The number of carbonyl (C=O) groups is 2. The Balaban J connectivity index is 1.92. The van der Waals surface area contributed by atoms with Crippen LogP contribution in [0.4, 0.5) is 4.79 Å². The quantitative estimate of drug-likeness (QED) is 0.809. The fraction of sp³-hybridized carbons (Fsp3) is 0.375. The summed E-state index contributed by atoms with van der Waals surface area (Å²) < 4.78 is 10.1. The number of nitrogens with zero attached hydrogens (tertiary/aromatic N) is 2. The number of aromatic nitrogens is 2. The molecule has 0 unspecified atom stereocenters. The lowest BCUT2D eigenvalue weighted by molar-refractivity contribution is -0.139. The van der Waals surface area contributed by atoms with E-state index in [-0.39, 0.29) is 12.4 Å². The van der Waals surface area contributed by atoms with Gasteiger partial charge in [0.05, 0.1) is 12.2 Å². The minimum absolute atomic E-state index is 0.230. The number of hydrogen-bond acceptors (Lipinski definition) is 7. The molecule has 134 valence electrons. The first-order valence-electron chi connectivity index (χ1n) is 7.45. The van der Waals surface area contributed by atoms with E-state index in [4.69, 9.17) is 14.6 Å². The van der Waals surface area contributed by atoms with Crippen molar-refractivity contribution in [2.75, 3.05) is 6.61 Å². The number of carbonyl (C=O) groups excluding carboxylic acids is 1. The van der Waals surface area contributed by atoms with E-state index in [9.17, 15) is 9.59 Å². The number of carboxylic acid groups (broad SMARTS) is 1. The van der Waals surface area contributed by atoms with Gasteiger partial charge in [-0.25, -0.2) is 19.6 Å². The molecule has 0 bridgehead atoms. The van der Waals surface area contributed by atoms with Gasteiger partial charge in [0.2, 0.25) is 5.88 Å². The van der Waals surface area contributed by atoms with E-state index >= 15 is 0 Å². The topological polar surface area (TPSA) is 111 Å². The molecule has 0 saturated carbocycles. The minimum Gasteiger partial charge on any atom is -0.479 e. The van der Waals surface area contributed by atoms with Gasteiger partial charge in [0.1, 0.15) is 10.6 Å². The lowest BCUT2D eigenvalue weighted by Gasteiger charge is -2.19. The van der Waals surface area contributed by atoms with E-state index < -0.39 is 24.3 Å². The van der Waals surface area contributed by atoms with Gasteiger partial charge in [-0.05, 0) is 26.8 Å². The second-order valence-electron chi connectivity index (χ2n) is 6.05. The second kappa shape index (κ2) is 7.93. The molecule has 0 fully saturated rings. The Kier molecular flexibility index (Phi) is 5.92. The van der Waals surface area contributed by atoms with Crippen LogP contribution >= 0.6 is 11.3 Å². The van der Waals surface area contributed by atoms with Crippen LogP contribution in [-0.4, -0.2) is 39.3 Å². The number of amides is 1. The SMILES string of the molecule is CC(C)(C)OC(=O)NCc1nc(-c2ccc(OCC(=O)O)nc2)cs1. The first-order valence-corrected chi connectivity index (χ1v) is 8.33. The standard InChI is InChI=1S/C16H19N3O5S/c1-16(2,3)24-15(22)18-7-13-19-11(9-25-13)10-4-5-12(17-6-10)23-8-14(20)21/h4-6,9H,7-8H2,1-3H3,(H,18,22)(H,20,21). The number of rotatable bonds is 6. The number of nitrogens with one attached hydrogen (secondary N) is 1. The van der Waals surface area contributed by atoms with Crippen molar-refractivity contribution >= 4 is 23.4 Å². The van der Waals surface area contributed by atoms with Gasteiger partial charge >= 0.3 is 12.1 Å². The van der Waals surface area contributed by atoms with Gasteiger partial charge in [0.15, 0.2) is 6.61 Å². The molecule has 2 N–H and O–H groups in total. The van der Waals surface area contributed by atoms with Gasteiger partial charge in [-0.3, -0.25) is 0 Å².